The molecule has 8 heteroatoms. The smallest absolute Gasteiger partial charge is 0.244 e. The van der Waals surface area contributed by atoms with Crippen molar-refractivity contribution in [3.05, 3.63) is 22.2 Å². The van der Waals surface area contributed by atoms with Crippen LogP contribution in [0.15, 0.2) is 21.5 Å². The van der Waals surface area contributed by atoms with E-state index in [0.717, 1.165) is 42.4 Å². The van der Waals surface area contributed by atoms with Crippen molar-refractivity contribution < 1.29 is 13.2 Å². The lowest BCUT2D eigenvalue weighted by Gasteiger charge is -2.34. The van der Waals surface area contributed by atoms with E-state index < -0.39 is 10.0 Å². The Bertz CT molecular complexity index is 676. The summed E-state index contributed by atoms with van der Waals surface area (Å²) in [6.45, 7) is 5.01. The van der Waals surface area contributed by atoms with Crippen LogP contribution in [0.4, 0.5) is 0 Å². The quantitative estimate of drug-likeness (QED) is 0.778. The molecule has 0 radical (unpaired) electrons. The molecule has 1 aromatic carbocycles. The molecule has 0 spiro atoms. The summed E-state index contributed by atoms with van der Waals surface area (Å²) in [5, 5.41) is 3.31. The number of sulfonamides is 1. The van der Waals surface area contributed by atoms with Gasteiger partial charge in [-0.2, -0.15) is 0 Å². The van der Waals surface area contributed by atoms with Gasteiger partial charge in [0.25, 0.3) is 0 Å². The molecule has 0 amide bonds. The molecule has 5 nitrogen and oxygen atoms in total. The van der Waals surface area contributed by atoms with Crippen LogP contribution in [0.5, 0.6) is 5.75 Å². The van der Waals surface area contributed by atoms with E-state index in [1.165, 1.54) is 0 Å². The van der Waals surface area contributed by atoms with Crippen molar-refractivity contribution in [1.29, 1.82) is 0 Å². The molecule has 1 aromatic rings. The van der Waals surface area contributed by atoms with Gasteiger partial charge in [0.1, 0.15) is 10.6 Å². The van der Waals surface area contributed by atoms with Crippen LogP contribution in [0.1, 0.15) is 25.3 Å². The molecule has 2 aliphatic heterocycles. The Morgan fingerprint density at radius 1 is 1.35 bits per heavy atom. The molecule has 130 valence electrons. The summed E-state index contributed by atoms with van der Waals surface area (Å²) in [7, 11) is -3.57. The van der Waals surface area contributed by atoms with Gasteiger partial charge in [-0.25, -0.2) is 13.1 Å². The minimum absolute atomic E-state index is 0. The van der Waals surface area contributed by atoms with E-state index in [-0.39, 0.29) is 22.7 Å². The molecule has 1 fully saturated rings. The fourth-order valence-electron chi connectivity index (χ4n) is 2.99. The van der Waals surface area contributed by atoms with Crippen LogP contribution in [0.2, 0.25) is 0 Å². The topological polar surface area (TPSA) is 67.4 Å². The standard InChI is InChI=1S/C15H21BrN2O3S.ClH/c1-15(3-5-17-6-4-15)10-18-22(19,20)13-9-12(16)8-11-2-7-21-14(11)13;/h8-9,17-18H,2-7,10H2,1H3;1H. The maximum absolute atomic E-state index is 12.7. The first-order chi connectivity index (χ1) is 10.4. The Morgan fingerprint density at radius 2 is 2.04 bits per heavy atom. The number of halogens is 2. The Labute approximate surface area is 152 Å². The second kappa shape index (κ2) is 7.27. The third-order valence-corrected chi connectivity index (χ3v) is 6.37. The van der Waals surface area contributed by atoms with E-state index >= 15 is 0 Å². The molecular formula is C15H22BrClN2O3S. The Balaban J connectivity index is 0.00000192. The van der Waals surface area contributed by atoms with Gasteiger partial charge < -0.3 is 10.1 Å². The number of rotatable bonds is 4. The summed E-state index contributed by atoms with van der Waals surface area (Å²) in [5.41, 5.74) is 0.955. The van der Waals surface area contributed by atoms with Crippen LogP contribution in [0, 0.1) is 5.41 Å². The Hall–Kier alpha value is -0.340. The summed E-state index contributed by atoms with van der Waals surface area (Å²) < 4.78 is 34.5. The number of fused-ring (bicyclic) bond motifs is 1. The van der Waals surface area contributed by atoms with Gasteiger partial charge in [0.15, 0.2) is 0 Å². The van der Waals surface area contributed by atoms with Gasteiger partial charge in [-0.3, -0.25) is 0 Å². The number of nitrogens with one attached hydrogen (secondary N) is 2. The minimum Gasteiger partial charge on any atom is -0.492 e. The van der Waals surface area contributed by atoms with Crippen LogP contribution in [0.25, 0.3) is 0 Å². The summed E-state index contributed by atoms with van der Waals surface area (Å²) in [6, 6.07) is 3.55. The van der Waals surface area contributed by atoms with Gasteiger partial charge in [0, 0.05) is 23.0 Å². The molecule has 0 aliphatic carbocycles. The second-order valence-corrected chi connectivity index (χ2v) is 9.03. The summed E-state index contributed by atoms with van der Waals surface area (Å²) in [6.07, 6.45) is 2.70. The average Bonchev–Trinajstić information content (AvgIpc) is 2.93. The number of hydrogen-bond donors (Lipinski definition) is 2. The van der Waals surface area contributed by atoms with Gasteiger partial charge >= 0.3 is 0 Å². The Kier molecular flexibility index (Phi) is 6.00. The normalized spacial score (nSPS) is 19.6. The fourth-order valence-corrected chi connectivity index (χ4v) is 5.06. The first-order valence-electron chi connectivity index (χ1n) is 7.55. The summed E-state index contributed by atoms with van der Waals surface area (Å²) >= 11 is 3.39. The predicted octanol–water partition coefficient (Wildman–Crippen LogP) is 2.47. The molecule has 0 unspecified atom stereocenters. The highest BCUT2D eigenvalue weighted by molar-refractivity contribution is 9.10. The van der Waals surface area contributed by atoms with Crippen LogP contribution in [-0.2, 0) is 16.4 Å². The van der Waals surface area contributed by atoms with Crippen molar-refractivity contribution >= 4 is 38.4 Å². The predicted molar refractivity (Wildman–Crippen MR) is 96.0 cm³/mol. The average molecular weight is 426 g/mol. The summed E-state index contributed by atoms with van der Waals surface area (Å²) in [5.74, 6) is 0.506. The summed E-state index contributed by atoms with van der Waals surface area (Å²) in [4.78, 5) is 0.243. The highest BCUT2D eigenvalue weighted by Crippen LogP contribution is 2.36. The van der Waals surface area contributed by atoms with Crippen molar-refractivity contribution in [2.45, 2.75) is 31.1 Å². The molecule has 23 heavy (non-hydrogen) atoms. The lowest BCUT2D eigenvalue weighted by molar-refractivity contribution is 0.232. The van der Waals surface area contributed by atoms with Gasteiger partial charge in [-0.15, -0.1) is 12.4 Å². The lowest BCUT2D eigenvalue weighted by Crippen LogP contribution is -2.42. The third-order valence-electron chi connectivity index (χ3n) is 4.50. The first-order valence-corrected chi connectivity index (χ1v) is 9.83. The van der Waals surface area contributed by atoms with Crippen molar-refractivity contribution in [3.63, 3.8) is 0 Å². The molecule has 2 heterocycles. The largest absolute Gasteiger partial charge is 0.492 e. The lowest BCUT2D eigenvalue weighted by atomic mass is 9.81. The van der Waals surface area contributed by atoms with Crippen molar-refractivity contribution in [3.8, 4) is 5.75 Å². The van der Waals surface area contributed by atoms with E-state index in [1.54, 1.807) is 6.07 Å². The van der Waals surface area contributed by atoms with Crippen molar-refractivity contribution in [1.82, 2.24) is 10.0 Å². The van der Waals surface area contributed by atoms with Crippen LogP contribution in [-0.4, -0.2) is 34.7 Å². The van der Waals surface area contributed by atoms with E-state index in [4.69, 9.17) is 4.74 Å². The van der Waals surface area contributed by atoms with Gasteiger partial charge in [0.2, 0.25) is 10.0 Å². The first kappa shape index (κ1) is 19.0. The zero-order chi connectivity index (χ0) is 15.8. The van der Waals surface area contributed by atoms with Gasteiger partial charge in [-0.05, 0) is 43.5 Å². The van der Waals surface area contributed by atoms with Crippen LogP contribution >= 0.6 is 28.3 Å². The third kappa shape index (κ3) is 4.20. The van der Waals surface area contributed by atoms with Crippen molar-refractivity contribution in [2.75, 3.05) is 26.2 Å². The van der Waals surface area contributed by atoms with E-state index in [1.807, 2.05) is 6.07 Å². The van der Waals surface area contributed by atoms with Gasteiger partial charge in [0.05, 0.1) is 6.61 Å². The maximum atomic E-state index is 12.7. The minimum atomic E-state index is -3.57. The number of ether oxygens (including phenoxy) is 1. The van der Waals surface area contributed by atoms with Crippen LogP contribution < -0.4 is 14.8 Å². The maximum Gasteiger partial charge on any atom is 0.244 e. The molecule has 0 atom stereocenters. The molecule has 0 saturated carbocycles. The number of benzene rings is 1. The van der Waals surface area contributed by atoms with Gasteiger partial charge in [-0.1, -0.05) is 22.9 Å². The van der Waals surface area contributed by atoms with E-state index in [9.17, 15) is 8.42 Å². The zero-order valence-corrected chi connectivity index (χ0v) is 16.2. The Morgan fingerprint density at radius 3 is 2.74 bits per heavy atom. The monoisotopic (exact) mass is 424 g/mol. The molecule has 2 aliphatic rings. The molecule has 0 bridgehead atoms. The molecular weight excluding hydrogens is 404 g/mol. The van der Waals surface area contributed by atoms with Crippen LogP contribution in [0.3, 0.4) is 0 Å². The molecule has 2 N–H and O–H groups in total. The van der Waals surface area contributed by atoms with E-state index in [0.29, 0.717) is 18.9 Å². The zero-order valence-electron chi connectivity index (χ0n) is 13.0. The highest BCUT2D eigenvalue weighted by atomic mass is 79.9. The molecule has 1 saturated heterocycles. The number of hydrogen-bond acceptors (Lipinski definition) is 4. The highest BCUT2D eigenvalue weighted by Gasteiger charge is 2.31. The SMILES string of the molecule is CC1(CNS(=O)(=O)c2cc(Br)cc3c2OCC3)CCNCC1.Cl. The van der Waals surface area contributed by atoms with E-state index in [2.05, 4.69) is 32.9 Å². The molecule has 3 rings (SSSR count). The number of piperidine rings is 1. The second-order valence-electron chi connectivity index (χ2n) is 6.38. The fraction of sp³-hybridized carbons (Fsp3) is 0.600. The molecule has 0 aromatic heterocycles. The van der Waals surface area contributed by atoms with Crippen molar-refractivity contribution in [2.24, 2.45) is 5.41 Å².